The van der Waals surface area contributed by atoms with Gasteiger partial charge in [0.25, 0.3) is 0 Å². The van der Waals surface area contributed by atoms with Crippen molar-refractivity contribution in [2.45, 2.75) is 19.3 Å². The molecule has 0 aliphatic rings. The molecule has 0 radical (unpaired) electrons. The molecule has 1 aromatic heterocycles. The van der Waals surface area contributed by atoms with E-state index in [4.69, 9.17) is 0 Å². The van der Waals surface area contributed by atoms with Crippen LogP contribution in [0.4, 0.5) is 16.2 Å². The van der Waals surface area contributed by atoms with E-state index in [1.807, 2.05) is 16.8 Å². The summed E-state index contributed by atoms with van der Waals surface area (Å²) in [5.41, 5.74) is 1.06. The standard InChI is InChI=1S/C15H16N2O3S/c1-15(2,13(18)19)10-3-5-11(6-4-10)16-14(20)17-12-7-8-21-9-12/h3-9H,1-2H3,(H,18,19)(H2,16,17,20). The van der Waals surface area contributed by atoms with Gasteiger partial charge in [0.1, 0.15) is 0 Å². The Morgan fingerprint density at radius 2 is 1.67 bits per heavy atom. The maximum atomic E-state index is 11.8. The number of anilines is 2. The third kappa shape index (κ3) is 3.61. The summed E-state index contributed by atoms with van der Waals surface area (Å²) in [6.07, 6.45) is 0. The number of nitrogens with one attached hydrogen (secondary N) is 2. The van der Waals surface area contributed by atoms with Crippen LogP contribution in [0.3, 0.4) is 0 Å². The van der Waals surface area contributed by atoms with Crippen molar-refractivity contribution in [1.29, 1.82) is 0 Å². The van der Waals surface area contributed by atoms with Crippen molar-refractivity contribution >= 4 is 34.7 Å². The summed E-state index contributed by atoms with van der Waals surface area (Å²) in [5, 5.41) is 18.3. The van der Waals surface area contributed by atoms with Crippen molar-refractivity contribution in [2.24, 2.45) is 0 Å². The van der Waals surface area contributed by atoms with Crippen LogP contribution < -0.4 is 10.6 Å². The van der Waals surface area contributed by atoms with Crippen LogP contribution in [-0.4, -0.2) is 17.1 Å². The second kappa shape index (κ2) is 5.97. The van der Waals surface area contributed by atoms with E-state index in [2.05, 4.69) is 10.6 Å². The Bertz CT molecular complexity index is 633. The fraction of sp³-hybridized carbons (Fsp3) is 0.200. The lowest BCUT2D eigenvalue weighted by Gasteiger charge is -2.19. The van der Waals surface area contributed by atoms with E-state index >= 15 is 0 Å². The average molecular weight is 304 g/mol. The zero-order chi connectivity index (χ0) is 15.5. The Hall–Kier alpha value is -2.34. The van der Waals surface area contributed by atoms with E-state index in [1.54, 1.807) is 38.1 Å². The van der Waals surface area contributed by atoms with Crippen molar-refractivity contribution in [1.82, 2.24) is 0 Å². The van der Waals surface area contributed by atoms with Crippen molar-refractivity contribution < 1.29 is 14.7 Å². The van der Waals surface area contributed by atoms with E-state index < -0.39 is 11.4 Å². The molecular formula is C15H16N2O3S. The quantitative estimate of drug-likeness (QED) is 0.805. The first-order valence-corrected chi connectivity index (χ1v) is 7.28. The molecule has 5 nitrogen and oxygen atoms in total. The molecule has 110 valence electrons. The zero-order valence-corrected chi connectivity index (χ0v) is 12.5. The summed E-state index contributed by atoms with van der Waals surface area (Å²) in [6, 6.07) is 8.25. The van der Waals surface area contributed by atoms with Crippen molar-refractivity contribution in [3.8, 4) is 0 Å². The molecule has 0 unspecified atom stereocenters. The number of amides is 2. The highest BCUT2D eigenvalue weighted by Crippen LogP contribution is 2.24. The van der Waals surface area contributed by atoms with Gasteiger partial charge in [0.2, 0.25) is 0 Å². The smallest absolute Gasteiger partial charge is 0.323 e. The van der Waals surface area contributed by atoms with Crippen LogP contribution in [0.2, 0.25) is 0 Å². The number of carboxylic acid groups (broad SMARTS) is 1. The van der Waals surface area contributed by atoms with Crippen molar-refractivity contribution in [2.75, 3.05) is 10.6 Å². The van der Waals surface area contributed by atoms with Gasteiger partial charge < -0.3 is 15.7 Å². The number of urea groups is 1. The lowest BCUT2D eigenvalue weighted by atomic mass is 9.85. The number of carbonyl (C=O) groups excluding carboxylic acids is 1. The molecule has 3 N–H and O–H groups in total. The van der Waals surface area contributed by atoms with Gasteiger partial charge in [-0.2, -0.15) is 11.3 Å². The molecule has 0 aliphatic heterocycles. The van der Waals surface area contributed by atoms with Gasteiger partial charge in [0.05, 0.1) is 11.1 Å². The van der Waals surface area contributed by atoms with E-state index in [9.17, 15) is 14.7 Å². The molecule has 0 bridgehead atoms. The summed E-state index contributed by atoms with van der Waals surface area (Å²) in [7, 11) is 0. The van der Waals surface area contributed by atoms with Gasteiger partial charge in [-0.15, -0.1) is 0 Å². The zero-order valence-electron chi connectivity index (χ0n) is 11.7. The highest BCUT2D eigenvalue weighted by molar-refractivity contribution is 7.08. The molecule has 0 saturated heterocycles. The predicted octanol–water partition coefficient (Wildman–Crippen LogP) is 3.75. The first-order valence-electron chi connectivity index (χ1n) is 6.34. The first kappa shape index (κ1) is 15.1. The van der Waals surface area contributed by atoms with Crippen LogP contribution in [0.15, 0.2) is 41.1 Å². The van der Waals surface area contributed by atoms with Crippen LogP contribution in [-0.2, 0) is 10.2 Å². The molecule has 2 amide bonds. The van der Waals surface area contributed by atoms with Crippen LogP contribution in [0.5, 0.6) is 0 Å². The maximum Gasteiger partial charge on any atom is 0.323 e. The number of hydrogen-bond acceptors (Lipinski definition) is 3. The van der Waals surface area contributed by atoms with Gasteiger partial charge in [-0.05, 0) is 43.0 Å². The highest BCUT2D eigenvalue weighted by Gasteiger charge is 2.29. The molecule has 1 aromatic carbocycles. The van der Waals surface area contributed by atoms with E-state index in [-0.39, 0.29) is 6.03 Å². The Balaban J connectivity index is 2.02. The number of hydrogen-bond donors (Lipinski definition) is 3. The Labute approximate surface area is 126 Å². The fourth-order valence-corrected chi connectivity index (χ4v) is 2.31. The summed E-state index contributed by atoms with van der Waals surface area (Å²) in [4.78, 5) is 22.9. The third-order valence-electron chi connectivity index (χ3n) is 3.18. The number of rotatable bonds is 4. The monoisotopic (exact) mass is 304 g/mol. The molecule has 0 atom stereocenters. The second-order valence-corrected chi connectivity index (χ2v) is 5.88. The largest absolute Gasteiger partial charge is 0.481 e. The molecular weight excluding hydrogens is 288 g/mol. The van der Waals surface area contributed by atoms with Crippen LogP contribution in [0.1, 0.15) is 19.4 Å². The molecule has 0 aliphatic carbocycles. The lowest BCUT2D eigenvalue weighted by molar-refractivity contribution is -0.142. The highest BCUT2D eigenvalue weighted by atomic mass is 32.1. The normalized spacial score (nSPS) is 11.0. The minimum absolute atomic E-state index is 0.335. The first-order chi connectivity index (χ1) is 9.89. The predicted molar refractivity (Wildman–Crippen MR) is 84.1 cm³/mol. The number of carbonyl (C=O) groups is 2. The molecule has 6 heteroatoms. The topological polar surface area (TPSA) is 78.4 Å². The Morgan fingerprint density at radius 1 is 1.05 bits per heavy atom. The van der Waals surface area contributed by atoms with Crippen LogP contribution in [0.25, 0.3) is 0 Å². The molecule has 0 fully saturated rings. The molecule has 0 spiro atoms. The second-order valence-electron chi connectivity index (χ2n) is 5.10. The van der Waals surface area contributed by atoms with Crippen LogP contribution in [0, 0.1) is 0 Å². The minimum atomic E-state index is -0.961. The SMILES string of the molecule is CC(C)(C(=O)O)c1ccc(NC(=O)Nc2ccsc2)cc1. The average Bonchev–Trinajstić information content (AvgIpc) is 2.91. The van der Waals surface area contributed by atoms with E-state index in [0.29, 0.717) is 11.3 Å². The van der Waals surface area contributed by atoms with Crippen molar-refractivity contribution in [3.05, 3.63) is 46.7 Å². The van der Waals surface area contributed by atoms with E-state index in [0.717, 1.165) is 5.69 Å². The van der Waals surface area contributed by atoms with Gasteiger partial charge >= 0.3 is 12.0 Å². The molecule has 0 saturated carbocycles. The van der Waals surface area contributed by atoms with Gasteiger partial charge in [-0.3, -0.25) is 4.79 Å². The van der Waals surface area contributed by atoms with Crippen LogP contribution >= 0.6 is 11.3 Å². The number of thiophene rings is 1. The maximum absolute atomic E-state index is 11.8. The fourth-order valence-electron chi connectivity index (χ4n) is 1.72. The molecule has 1 heterocycles. The van der Waals surface area contributed by atoms with E-state index in [1.165, 1.54) is 11.3 Å². The van der Waals surface area contributed by atoms with Gasteiger partial charge in [-0.25, -0.2) is 4.79 Å². The Morgan fingerprint density at radius 3 is 2.19 bits per heavy atom. The third-order valence-corrected chi connectivity index (χ3v) is 3.86. The summed E-state index contributed by atoms with van der Waals surface area (Å²) in [5.74, 6) is -0.890. The number of carboxylic acids is 1. The number of aliphatic carboxylic acids is 1. The van der Waals surface area contributed by atoms with Gasteiger partial charge in [0, 0.05) is 11.1 Å². The van der Waals surface area contributed by atoms with Gasteiger partial charge in [-0.1, -0.05) is 12.1 Å². The Kier molecular flexibility index (Phi) is 4.28. The van der Waals surface area contributed by atoms with Gasteiger partial charge in [0.15, 0.2) is 0 Å². The minimum Gasteiger partial charge on any atom is -0.481 e. The molecule has 2 rings (SSSR count). The van der Waals surface area contributed by atoms with Crippen molar-refractivity contribution in [3.63, 3.8) is 0 Å². The summed E-state index contributed by atoms with van der Waals surface area (Å²) < 4.78 is 0. The number of benzene rings is 1. The lowest BCUT2D eigenvalue weighted by Crippen LogP contribution is -2.28. The summed E-state index contributed by atoms with van der Waals surface area (Å²) in [6.45, 7) is 3.28. The molecule has 2 aromatic rings. The molecule has 21 heavy (non-hydrogen) atoms. The summed E-state index contributed by atoms with van der Waals surface area (Å²) >= 11 is 1.50.